The maximum atomic E-state index is 12.1. The van der Waals surface area contributed by atoms with Crippen molar-refractivity contribution < 1.29 is 14.7 Å². The van der Waals surface area contributed by atoms with E-state index in [0.29, 0.717) is 12.1 Å². The van der Waals surface area contributed by atoms with E-state index in [-0.39, 0.29) is 24.3 Å². The molecule has 108 valence electrons. The minimum Gasteiger partial charge on any atom is -0.481 e. The maximum Gasteiger partial charge on any atom is 0.303 e. The van der Waals surface area contributed by atoms with Crippen LogP contribution < -0.4 is 0 Å². The first-order valence-corrected chi connectivity index (χ1v) is 7.10. The van der Waals surface area contributed by atoms with Gasteiger partial charge >= 0.3 is 5.97 Å². The normalized spacial score (nSPS) is 32.1. The number of rotatable bonds is 4. The number of aliphatic carboxylic acids is 1. The molecule has 0 aromatic heterocycles. The topological polar surface area (TPSA) is 60.9 Å². The Morgan fingerprint density at radius 3 is 2.21 bits per heavy atom. The lowest BCUT2D eigenvalue weighted by Crippen LogP contribution is -2.53. The second kappa shape index (κ2) is 5.49. The van der Waals surface area contributed by atoms with Gasteiger partial charge in [0.05, 0.1) is 6.04 Å². The van der Waals surface area contributed by atoms with E-state index in [1.54, 1.807) is 19.0 Å². The zero-order valence-electron chi connectivity index (χ0n) is 12.0. The van der Waals surface area contributed by atoms with Gasteiger partial charge in [-0.2, -0.15) is 0 Å². The Kier molecular flexibility index (Phi) is 4.13. The molecule has 0 radical (unpaired) electrons. The van der Waals surface area contributed by atoms with Gasteiger partial charge in [-0.05, 0) is 38.5 Å². The van der Waals surface area contributed by atoms with Gasteiger partial charge in [-0.1, -0.05) is 0 Å². The van der Waals surface area contributed by atoms with Gasteiger partial charge in [0.1, 0.15) is 0 Å². The number of fused-ring (bicyclic) bond motifs is 2. The van der Waals surface area contributed by atoms with Crippen LogP contribution >= 0.6 is 0 Å². The zero-order valence-corrected chi connectivity index (χ0v) is 12.0. The third kappa shape index (κ3) is 2.91. The summed E-state index contributed by atoms with van der Waals surface area (Å²) in [7, 11) is 3.58. The van der Waals surface area contributed by atoms with E-state index >= 15 is 0 Å². The molecule has 5 heteroatoms. The van der Waals surface area contributed by atoms with Crippen LogP contribution in [0.15, 0.2) is 0 Å². The number of piperidine rings is 1. The van der Waals surface area contributed by atoms with E-state index in [1.165, 1.54) is 0 Å². The Balaban J connectivity index is 2.03. The van der Waals surface area contributed by atoms with E-state index in [2.05, 4.69) is 4.90 Å². The van der Waals surface area contributed by atoms with Crippen molar-refractivity contribution in [3.63, 3.8) is 0 Å². The summed E-state index contributed by atoms with van der Waals surface area (Å²) in [4.78, 5) is 26.9. The lowest BCUT2D eigenvalue weighted by molar-refractivity contribution is -0.140. The molecule has 2 rings (SSSR count). The van der Waals surface area contributed by atoms with Gasteiger partial charge in [-0.25, -0.2) is 0 Å². The lowest BCUT2D eigenvalue weighted by Gasteiger charge is -2.42. The average molecular weight is 268 g/mol. The lowest BCUT2D eigenvalue weighted by atomic mass is 9.87. The van der Waals surface area contributed by atoms with Crippen molar-refractivity contribution in [3.8, 4) is 0 Å². The molecule has 2 bridgehead atoms. The first-order valence-electron chi connectivity index (χ1n) is 7.10. The largest absolute Gasteiger partial charge is 0.481 e. The highest BCUT2D eigenvalue weighted by Gasteiger charge is 2.44. The second-order valence-electron chi connectivity index (χ2n) is 6.18. The van der Waals surface area contributed by atoms with Gasteiger partial charge in [-0.3, -0.25) is 14.5 Å². The highest BCUT2D eigenvalue weighted by molar-refractivity contribution is 5.81. The molecule has 0 aromatic carbocycles. The number of carboxylic acid groups (broad SMARTS) is 1. The minimum atomic E-state index is -0.699. The molecule has 19 heavy (non-hydrogen) atoms. The Morgan fingerprint density at radius 2 is 1.79 bits per heavy atom. The molecule has 1 N–H and O–H groups in total. The fourth-order valence-electron chi connectivity index (χ4n) is 3.87. The fourth-order valence-corrected chi connectivity index (χ4v) is 3.87. The molecule has 0 aromatic rings. The number of hydrogen-bond acceptors (Lipinski definition) is 3. The fraction of sp³-hybridized carbons (Fsp3) is 0.857. The summed E-state index contributed by atoms with van der Waals surface area (Å²) >= 11 is 0. The monoisotopic (exact) mass is 268 g/mol. The van der Waals surface area contributed by atoms with E-state index < -0.39 is 5.97 Å². The third-order valence-corrected chi connectivity index (χ3v) is 4.60. The van der Waals surface area contributed by atoms with Gasteiger partial charge < -0.3 is 10.0 Å². The Bertz CT molecular complexity index is 356. The zero-order chi connectivity index (χ0) is 14.2. The molecule has 0 saturated carbocycles. The molecule has 1 amide bonds. The number of likely N-dealkylation sites (N-methyl/N-ethyl adjacent to an activating group) is 1. The molecular formula is C14H24N2O3. The second-order valence-corrected chi connectivity index (χ2v) is 6.18. The molecule has 5 nitrogen and oxygen atoms in total. The molecule has 2 heterocycles. The Labute approximate surface area is 114 Å². The van der Waals surface area contributed by atoms with Gasteiger partial charge in [0.15, 0.2) is 0 Å². The van der Waals surface area contributed by atoms with Crippen molar-refractivity contribution in [2.45, 2.75) is 57.2 Å². The minimum absolute atomic E-state index is 0.0849. The summed E-state index contributed by atoms with van der Waals surface area (Å²) in [5.41, 5.74) is 0. The summed E-state index contributed by atoms with van der Waals surface area (Å²) in [5, 5.41) is 8.92. The molecule has 2 fully saturated rings. The third-order valence-electron chi connectivity index (χ3n) is 4.60. The van der Waals surface area contributed by atoms with Gasteiger partial charge in [0.25, 0.3) is 0 Å². The van der Waals surface area contributed by atoms with Crippen LogP contribution in [0.25, 0.3) is 0 Å². The van der Waals surface area contributed by atoms with Crippen molar-refractivity contribution in [1.82, 2.24) is 9.80 Å². The summed E-state index contributed by atoms with van der Waals surface area (Å²) in [5.74, 6) is -0.267. The molecular weight excluding hydrogens is 244 g/mol. The average Bonchev–Trinajstić information content (AvgIpc) is 2.58. The van der Waals surface area contributed by atoms with Crippen LogP contribution in [0.5, 0.6) is 0 Å². The number of carbonyl (C=O) groups is 2. The van der Waals surface area contributed by atoms with Crippen molar-refractivity contribution in [2.75, 3.05) is 14.1 Å². The quantitative estimate of drug-likeness (QED) is 0.831. The molecule has 3 unspecified atom stereocenters. The van der Waals surface area contributed by atoms with E-state index in [4.69, 9.17) is 5.11 Å². The highest BCUT2D eigenvalue weighted by atomic mass is 16.4. The van der Waals surface area contributed by atoms with Crippen molar-refractivity contribution in [1.29, 1.82) is 0 Å². The van der Waals surface area contributed by atoms with Crippen LogP contribution in [0.3, 0.4) is 0 Å². The number of amides is 1. The molecule has 2 saturated heterocycles. The summed E-state index contributed by atoms with van der Waals surface area (Å²) in [6.45, 7) is 1.98. The smallest absolute Gasteiger partial charge is 0.303 e. The standard InChI is InChI=1S/C14H24N2O3/c1-9(14(19)15(2)3)16-11-4-5-12(16)7-10(6-11)8-13(17)18/h9-12H,4-8H2,1-3H3,(H,17,18). The summed E-state index contributed by atoms with van der Waals surface area (Å²) in [6, 6.07) is 0.697. The number of carbonyl (C=O) groups excluding carboxylic acids is 1. The number of nitrogens with zero attached hydrogens (tertiary/aromatic N) is 2. The van der Waals surface area contributed by atoms with Crippen molar-refractivity contribution in [2.24, 2.45) is 5.92 Å². The molecule has 0 spiro atoms. The summed E-state index contributed by atoms with van der Waals surface area (Å²) < 4.78 is 0. The molecule has 2 aliphatic rings. The number of hydrogen-bond donors (Lipinski definition) is 1. The van der Waals surface area contributed by atoms with Crippen LogP contribution in [0.2, 0.25) is 0 Å². The number of carboxylic acids is 1. The molecule has 0 aliphatic carbocycles. The van der Waals surface area contributed by atoms with Gasteiger partial charge in [0.2, 0.25) is 5.91 Å². The van der Waals surface area contributed by atoms with Crippen LogP contribution in [-0.4, -0.2) is 59.0 Å². The molecule has 2 aliphatic heterocycles. The SMILES string of the molecule is CC(C(=O)N(C)C)N1C2CCC1CC(CC(=O)O)C2. The van der Waals surface area contributed by atoms with Crippen LogP contribution in [0.4, 0.5) is 0 Å². The Hall–Kier alpha value is -1.10. The Morgan fingerprint density at radius 1 is 1.26 bits per heavy atom. The van der Waals surface area contributed by atoms with Crippen molar-refractivity contribution >= 4 is 11.9 Å². The predicted octanol–water partition coefficient (Wildman–Crippen LogP) is 1.18. The maximum absolute atomic E-state index is 12.1. The molecule has 3 atom stereocenters. The first-order chi connectivity index (χ1) is 8.90. The van der Waals surface area contributed by atoms with Gasteiger partial charge in [-0.15, -0.1) is 0 Å². The van der Waals surface area contributed by atoms with E-state index in [0.717, 1.165) is 25.7 Å². The van der Waals surface area contributed by atoms with Crippen LogP contribution in [-0.2, 0) is 9.59 Å². The summed E-state index contributed by atoms with van der Waals surface area (Å²) in [6.07, 6.45) is 4.33. The van der Waals surface area contributed by atoms with Crippen LogP contribution in [0.1, 0.15) is 39.0 Å². The predicted molar refractivity (Wildman–Crippen MR) is 71.8 cm³/mol. The van der Waals surface area contributed by atoms with E-state index in [9.17, 15) is 9.59 Å². The van der Waals surface area contributed by atoms with Gasteiger partial charge in [0, 0.05) is 32.6 Å². The highest BCUT2D eigenvalue weighted by Crippen LogP contribution is 2.41. The first kappa shape index (κ1) is 14.3. The van der Waals surface area contributed by atoms with Crippen molar-refractivity contribution in [3.05, 3.63) is 0 Å². The van der Waals surface area contributed by atoms with Crippen LogP contribution in [0, 0.1) is 5.92 Å². The van der Waals surface area contributed by atoms with E-state index in [1.807, 2.05) is 6.92 Å².